The lowest BCUT2D eigenvalue weighted by atomic mass is 10.3. The highest BCUT2D eigenvalue weighted by atomic mass is 127. The van der Waals surface area contributed by atoms with Crippen LogP contribution in [0, 0.1) is 5.92 Å². The van der Waals surface area contributed by atoms with Crippen LogP contribution in [0.3, 0.4) is 0 Å². The molecule has 1 aliphatic rings. The van der Waals surface area contributed by atoms with Crippen molar-refractivity contribution in [2.75, 3.05) is 25.1 Å². The first kappa shape index (κ1) is 17.7. The Morgan fingerprint density at radius 1 is 1.55 bits per heavy atom. The Morgan fingerprint density at radius 2 is 2.35 bits per heavy atom. The van der Waals surface area contributed by atoms with Gasteiger partial charge in [-0.25, -0.2) is 0 Å². The molecule has 114 valence electrons. The van der Waals surface area contributed by atoms with E-state index >= 15 is 0 Å². The van der Waals surface area contributed by atoms with E-state index in [2.05, 4.69) is 28.8 Å². The predicted molar refractivity (Wildman–Crippen MR) is 97.2 cm³/mol. The van der Waals surface area contributed by atoms with Gasteiger partial charge in [0.25, 0.3) is 0 Å². The number of aliphatic imine (C=N–C) groups is 1. The summed E-state index contributed by atoms with van der Waals surface area (Å²) < 4.78 is 5.32. The Morgan fingerprint density at radius 3 is 2.95 bits per heavy atom. The zero-order valence-corrected chi connectivity index (χ0v) is 15.2. The van der Waals surface area contributed by atoms with Crippen molar-refractivity contribution >= 4 is 41.7 Å². The molecule has 0 saturated heterocycles. The molecule has 2 unspecified atom stereocenters. The number of thioether (sulfide) groups is 1. The lowest BCUT2D eigenvalue weighted by molar-refractivity contribution is 0.506. The Balaban J connectivity index is 0.00000200. The van der Waals surface area contributed by atoms with Crippen LogP contribution < -0.4 is 10.6 Å². The van der Waals surface area contributed by atoms with Crippen LogP contribution in [0.5, 0.6) is 0 Å². The molecule has 1 aliphatic carbocycles. The van der Waals surface area contributed by atoms with Gasteiger partial charge in [0, 0.05) is 24.8 Å². The van der Waals surface area contributed by atoms with Crippen LogP contribution in [-0.4, -0.2) is 37.1 Å². The van der Waals surface area contributed by atoms with Gasteiger partial charge >= 0.3 is 0 Å². The number of hydrogen-bond acceptors (Lipinski definition) is 3. The molecule has 0 spiro atoms. The largest absolute Gasteiger partial charge is 0.469 e. The first-order valence-corrected chi connectivity index (χ1v) is 8.25. The molecule has 0 aliphatic heterocycles. The van der Waals surface area contributed by atoms with Gasteiger partial charge in [-0.2, -0.15) is 11.8 Å². The van der Waals surface area contributed by atoms with Crippen molar-refractivity contribution in [3.05, 3.63) is 24.2 Å². The summed E-state index contributed by atoms with van der Waals surface area (Å²) in [4.78, 5) is 4.59. The van der Waals surface area contributed by atoms with E-state index in [0.29, 0.717) is 6.04 Å². The van der Waals surface area contributed by atoms with Crippen molar-refractivity contribution in [2.45, 2.75) is 25.8 Å². The molecule has 20 heavy (non-hydrogen) atoms. The second-order valence-electron chi connectivity index (χ2n) is 4.94. The topological polar surface area (TPSA) is 49.6 Å². The third kappa shape index (κ3) is 6.39. The van der Waals surface area contributed by atoms with Gasteiger partial charge in [0.2, 0.25) is 0 Å². The molecule has 1 fully saturated rings. The summed E-state index contributed by atoms with van der Waals surface area (Å²) in [6.07, 6.45) is 5.96. The number of halogens is 1. The maximum absolute atomic E-state index is 5.32. The highest BCUT2D eigenvalue weighted by molar-refractivity contribution is 14.0. The first-order valence-electron chi connectivity index (χ1n) is 6.85. The smallest absolute Gasteiger partial charge is 0.191 e. The van der Waals surface area contributed by atoms with Crippen LogP contribution in [0.1, 0.15) is 19.1 Å². The molecule has 0 aromatic carbocycles. The van der Waals surface area contributed by atoms with Crippen molar-refractivity contribution in [3.8, 4) is 0 Å². The lowest BCUT2D eigenvalue weighted by Crippen LogP contribution is -2.40. The highest BCUT2D eigenvalue weighted by Gasteiger charge is 2.33. The highest BCUT2D eigenvalue weighted by Crippen LogP contribution is 2.28. The minimum atomic E-state index is 0. The van der Waals surface area contributed by atoms with Gasteiger partial charge in [-0.1, -0.05) is 6.92 Å². The number of nitrogens with zero attached hydrogens (tertiary/aromatic N) is 1. The van der Waals surface area contributed by atoms with Crippen molar-refractivity contribution in [2.24, 2.45) is 10.9 Å². The number of furan rings is 1. The van der Waals surface area contributed by atoms with E-state index in [1.165, 1.54) is 6.42 Å². The molecular formula is C14H24IN3OS. The van der Waals surface area contributed by atoms with E-state index in [9.17, 15) is 0 Å². The molecule has 4 nitrogen and oxygen atoms in total. The first-order chi connectivity index (χ1) is 9.29. The number of rotatable bonds is 7. The molecule has 2 atom stereocenters. The molecule has 2 rings (SSSR count). The minimum Gasteiger partial charge on any atom is -0.469 e. The second-order valence-corrected chi connectivity index (χ2v) is 5.93. The van der Waals surface area contributed by atoms with E-state index in [4.69, 9.17) is 4.42 Å². The van der Waals surface area contributed by atoms with Crippen LogP contribution in [0.4, 0.5) is 0 Å². The maximum atomic E-state index is 5.32. The molecule has 0 bridgehead atoms. The standard InChI is InChI=1S/C14H23N3OS.HI/c1-11-10-13(11)17-14(16-7-9-19-2)15-6-5-12-4-3-8-18-12;/h3-4,8,11,13H,5-7,9-10H2,1-2H3,(H2,15,16,17);1H. The summed E-state index contributed by atoms with van der Waals surface area (Å²) in [5, 5.41) is 6.86. The third-order valence-corrected chi connectivity index (χ3v) is 3.83. The molecule has 0 amide bonds. The maximum Gasteiger partial charge on any atom is 0.191 e. The number of guanidine groups is 1. The Labute approximate surface area is 142 Å². The Kier molecular flexibility index (Phi) is 8.44. The van der Waals surface area contributed by atoms with Gasteiger partial charge in [-0.15, -0.1) is 24.0 Å². The molecular weight excluding hydrogens is 385 g/mol. The molecule has 2 N–H and O–H groups in total. The van der Waals surface area contributed by atoms with Crippen molar-refractivity contribution in [3.63, 3.8) is 0 Å². The number of hydrogen-bond donors (Lipinski definition) is 2. The molecule has 1 heterocycles. The van der Waals surface area contributed by atoms with Gasteiger partial charge in [-0.3, -0.25) is 4.99 Å². The van der Waals surface area contributed by atoms with E-state index < -0.39 is 0 Å². The fourth-order valence-electron chi connectivity index (χ4n) is 1.86. The van der Waals surface area contributed by atoms with Crippen LogP contribution in [0.15, 0.2) is 27.8 Å². The summed E-state index contributed by atoms with van der Waals surface area (Å²) >= 11 is 1.82. The van der Waals surface area contributed by atoms with E-state index in [-0.39, 0.29) is 24.0 Å². The average molecular weight is 409 g/mol. The predicted octanol–water partition coefficient (Wildman–Crippen LogP) is 2.75. The fraction of sp³-hybridized carbons (Fsp3) is 0.643. The summed E-state index contributed by atoms with van der Waals surface area (Å²) in [5.41, 5.74) is 0. The Bertz CT molecular complexity index is 397. The summed E-state index contributed by atoms with van der Waals surface area (Å²) in [5.74, 6) is 3.79. The monoisotopic (exact) mass is 409 g/mol. The lowest BCUT2D eigenvalue weighted by Gasteiger charge is -2.11. The van der Waals surface area contributed by atoms with Gasteiger partial charge < -0.3 is 15.1 Å². The van der Waals surface area contributed by atoms with Crippen LogP contribution in [-0.2, 0) is 6.42 Å². The van der Waals surface area contributed by atoms with Gasteiger partial charge in [0.15, 0.2) is 5.96 Å². The van der Waals surface area contributed by atoms with E-state index in [0.717, 1.165) is 42.9 Å². The van der Waals surface area contributed by atoms with Crippen molar-refractivity contribution < 1.29 is 4.42 Å². The van der Waals surface area contributed by atoms with Crippen molar-refractivity contribution in [1.29, 1.82) is 0 Å². The van der Waals surface area contributed by atoms with E-state index in [1.54, 1.807) is 6.26 Å². The molecule has 0 radical (unpaired) electrons. The SMILES string of the molecule is CSCCN=C(NCCc1ccco1)NC1CC1C.I. The quantitative estimate of drug-likeness (QED) is 0.315. The Hall–Kier alpha value is -0.370. The number of nitrogens with one attached hydrogen (secondary N) is 2. The summed E-state index contributed by atoms with van der Waals surface area (Å²) in [7, 11) is 0. The normalized spacial score (nSPS) is 21.2. The summed E-state index contributed by atoms with van der Waals surface area (Å²) in [6.45, 7) is 3.97. The van der Waals surface area contributed by atoms with Gasteiger partial charge in [0.05, 0.1) is 12.8 Å². The average Bonchev–Trinajstić information content (AvgIpc) is 2.90. The summed E-state index contributed by atoms with van der Waals surface area (Å²) in [6, 6.07) is 4.53. The van der Waals surface area contributed by atoms with E-state index in [1.807, 2.05) is 23.9 Å². The third-order valence-electron chi connectivity index (χ3n) is 3.24. The van der Waals surface area contributed by atoms with Crippen LogP contribution >= 0.6 is 35.7 Å². The second kappa shape index (κ2) is 9.55. The zero-order valence-electron chi connectivity index (χ0n) is 12.1. The van der Waals surface area contributed by atoms with Gasteiger partial charge in [0.1, 0.15) is 5.76 Å². The molecule has 1 saturated carbocycles. The van der Waals surface area contributed by atoms with Crippen LogP contribution in [0.25, 0.3) is 0 Å². The molecule has 1 aromatic rings. The molecule has 6 heteroatoms. The fourth-order valence-corrected chi connectivity index (χ4v) is 2.13. The van der Waals surface area contributed by atoms with Crippen LogP contribution in [0.2, 0.25) is 0 Å². The molecule has 1 aromatic heterocycles. The van der Waals surface area contributed by atoms with Crippen molar-refractivity contribution in [1.82, 2.24) is 10.6 Å². The zero-order chi connectivity index (χ0) is 13.5. The van der Waals surface area contributed by atoms with Gasteiger partial charge in [-0.05, 0) is 30.7 Å². The minimum absolute atomic E-state index is 0.